The Morgan fingerprint density at radius 1 is 1.04 bits per heavy atom. The summed E-state index contributed by atoms with van der Waals surface area (Å²) in [6, 6.07) is 8.73. The van der Waals surface area contributed by atoms with Crippen molar-refractivity contribution in [2.45, 2.75) is 11.1 Å². The van der Waals surface area contributed by atoms with Gasteiger partial charge in [-0.1, -0.05) is 30.3 Å². The number of halogens is 4. The number of sulfonamides is 1. The molecule has 9 heteroatoms. The minimum atomic E-state index is -4.95. The van der Waals surface area contributed by atoms with Crippen molar-refractivity contribution >= 4 is 21.5 Å². The van der Waals surface area contributed by atoms with Crippen LogP contribution in [-0.2, 0) is 16.2 Å². The fourth-order valence-corrected chi connectivity index (χ4v) is 3.27. The van der Waals surface area contributed by atoms with E-state index in [1.54, 1.807) is 30.3 Å². The van der Waals surface area contributed by atoms with E-state index in [2.05, 4.69) is 9.71 Å². The number of nitrogens with one attached hydrogen (secondary N) is 1. The molecule has 0 atom stereocenters. The van der Waals surface area contributed by atoms with Gasteiger partial charge in [-0.15, -0.1) is 0 Å². The molecule has 0 bridgehead atoms. The molecule has 0 unspecified atom stereocenters. The van der Waals surface area contributed by atoms with Crippen LogP contribution in [0.5, 0.6) is 0 Å². The number of rotatable bonds is 1. The molecule has 120 valence electrons. The van der Waals surface area contributed by atoms with Gasteiger partial charge in [0, 0.05) is 5.56 Å². The highest BCUT2D eigenvalue weighted by Gasteiger charge is 2.37. The van der Waals surface area contributed by atoms with Gasteiger partial charge in [-0.2, -0.15) is 13.2 Å². The van der Waals surface area contributed by atoms with E-state index >= 15 is 0 Å². The van der Waals surface area contributed by atoms with E-state index in [1.807, 2.05) is 0 Å². The molecule has 23 heavy (non-hydrogen) atoms. The quantitative estimate of drug-likeness (QED) is 0.808. The molecule has 4 nitrogen and oxygen atoms in total. The molecule has 2 aromatic carbocycles. The Morgan fingerprint density at radius 2 is 1.70 bits per heavy atom. The second-order valence-electron chi connectivity index (χ2n) is 4.73. The third-order valence-corrected chi connectivity index (χ3v) is 4.52. The summed E-state index contributed by atoms with van der Waals surface area (Å²) in [5.74, 6) is -1.79. The van der Waals surface area contributed by atoms with Gasteiger partial charge in [-0.05, 0) is 12.1 Å². The largest absolute Gasteiger partial charge is 0.419 e. The Balaban J connectivity index is 2.24. The highest BCUT2D eigenvalue weighted by atomic mass is 32.2. The third kappa shape index (κ3) is 2.79. The predicted molar refractivity (Wildman–Crippen MR) is 74.4 cm³/mol. The number of hydrogen-bond donors (Lipinski definition) is 1. The van der Waals surface area contributed by atoms with Crippen LogP contribution in [0, 0.1) is 5.82 Å². The fraction of sp³-hybridized carbons (Fsp3) is 0.0714. The maximum absolute atomic E-state index is 13.6. The number of hydrogen-bond acceptors (Lipinski definition) is 3. The normalized spacial score (nSPS) is 16.3. The summed E-state index contributed by atoms with van der Waals surface area (Å²) in [5.41, 5.74) is -1.65. The summed E-state index contributed by atoms with van der Waals surface area (Å²) in [6.07, 6.45) is -4.95. The van der Waals surface area contributed by atoms with Crippen LogP contribution in [0.3, 0.4) is 0 Å². The van der Waals surface area contributed by atoms with Gasteiger partial charge in [0.15, 0.2) is 0 Å². The molecule has 0 radical (unpaired) electrons. The summed E-state index contributed by atoms with van der Waals surface area (Å²) in [4.78, 5) is 3.25. The van der Waals surface area contributed by atoms with Crippen LogP contribution in [0.1, 0.15) is 11.1 Å². The van der Waals surface area contributed by atoms with Crippen LogP contribution in [0.15, 0.2) is 52.4 Å². The lowest BCUT2D eigenvalue weighted by molar-refractivity contribution is -0.140. The van der Waals surface area contributed by atoms with Gasteiger partial charge in [0.25, 0.3) is 10.0 Å². The zero-order valence-corrected chi connectivity index (χ0v) is 12.0. The molecule has 1 heterocycles. The number of nitrogens with zero attached hydrogens (tertiary/aromatic N) is 1. The molecule has 0 fully saturated rings. The lowest BCUT2D eigenvalue weighted by Crippen LogP contribution is -2.34. The molecule has 0 saturated carbocycles. The summed E-state index contributed by atoms with van der Waals surface area (Å²) >= 11 is 0. The van der Waals surface area contributed by atoms with Crippen molar-refractivity contribution in [1.82, 2.24) is 4.72 Å². The van der Waals surface area contributed by atoms with Gasteiger partial charge < -0.3 is 0 Å². The molecule has 0 aliphatic carbocycles. The van der Waals surface area contributed by atoms with Gasteiger partial charge in [-0.3, -0.25) is 4.72 Å². The number of fused-ring (bicyclic) bond motifs is 1. The average molecular weight is 344 g/mol. The zero-order valence-electron chi connectivity index (χ0n) is 11.2. The van der Waals surface area contributed by atoms with Crippen molar-refractivity contribution in [3.63, 3.8) is 0 Å². The van der Waals surface area contributed by atoms with Gasteiger partial charge in [0.2, 0.25) is 0 Å². The Morgan fingerprint density at radius 3 is 2.30 bits per heavy atom. The van der Waals surface area contributed by atoms with Gasteiger partial charge in [-0.25, -0.2) is 17.8 Å². The third-order valence-electron chi connectivity index (χ3n) is 3.15. The molecule has 1 aliphatic heterocycles. The van der Waals surface area contributed by atoms with Crippen molar-refractivity contribution in [2.75, 3.05) is 0 Å². The minimum Gasteiger partial charge on any atom is -0.263 e. The van der Waals surface area contributed by atoms with Gasteiger partial charge in [0.1, 0.15) is 16.5 Å². The van der Waals surface area contributed by atoms with Crippen molar-refractivity contribution in [3.8, 4) is 0 Å². The molecular formula is C14H8F4N2O2S. The Labute approximate surface area is 128 Å². The second-order valence-corrected chi connectivity index (χ2v) is 6.38. The number of amidine groups is 1. The predicted octanol–water partition coefficient (Wildman–Crippen LogP) is 3.21. The van der Waals surface area contributed by atoms with Crippen LogP contribution in [0.25, 0.3) is 0 Å². The first-order chi connectivity index (χ1) is 10.7. The van der Waals surface area contributed by atoms with Crippen molar-refractivity contribution in [1.29, 1.82) is 0 Å². The zero-order chi connectivity index (χ0) is 16.8. The van der Waals surface area contributed by atoms with E-state index in [4.69, 9.17) is 0 Å². The number of aliphatic imine (C=N–C) groups is 1. The van der Waals surface area contributed by atoms with Crippen molar-refractivity contribution in [2.24, 2.45) is 4.99 Å². The molecule has 0 aromatic heterocycles. The smallest absolute Gasteiger partial charge is 0.263 e. The lowest BCUT2D eigenvalue weighted by Gasteiger charge is -2.19. The molecular weight excluding hydrogens is 336 g/mol. The van der Waals surface area contributed by atoms with Crippen molar-refractivity contribution in [3.05, 3.63) is 59.4 Å². The Kier molecular flexibility index (Phi) is 3.40. The molecule has 0 saturated heterocycles. The summed E-state index contributed by atoms with van der Waals surface area (Å²) < 4.78 is 78.3. The number of alkyl halides is 3. The van der Waals surface area contributed by atoms with Crippen LogP contribution in [0.4, 0.5) is 23.2 Å². The lowest BCUT2D eigenvalue weighted by atomic mass is 10.1. The Bertz CT molecular complexity index is 906. The van der Waals surface area contributed by atoms with E-state index in [0.29, 0.717) is 17.7 Å². The first-order valence-corrected chi connectivity index (χ1v) is 7.74. The summed E-state index contributed by atoms with van der Waals surface area (Å²) in [6.45, 7) is 0. The molecule has 1 N–H and O–H groups in total. The van der Waals surface area contributed by atoms with Crippen LogP contribution >= 0.6 is 0 Å². The molecule has 2 aromatic rings. The molecule has 3 rings (SSSR count). The van der Waals surface area contributed by atoms with Crippen molar-refractivity contribution < 1.29 is 26.0 Å². The maximum atomic E-state index is 13.6. The van der Waals surface area contributed by atoms with Gasteiger partial charge in [0.05, 0.1) is 11.3 Å². The van der Waals surface area contributed by atoms with Crippen LogP contribution < -0.4 is 4.72 Å². The van der Waals surface area contributed by atoms with Crippen LogP contribution in [0.2, 0.25) is 0 Å². The van der Waals surface area contributed by atoms with E-state index in [1.165, 1.54) is 0 Å². The summed E-state index contributed by atoms with van der Waals surface area (Å²) in [7, 11) is -4.21. The first-order valence-electron chi connectivity index (χ1n) is 6.26. The van der Waals surface area contributed by atoms with Gasteiger partial charge >= 0.3 is 6.18 Å². The standard InChI is InChI=1S/C14H8F4N2O2S/c15-10-7-12-11(6-9(10)14(16,17)18)19-13(20-23(12,21)22)8-4-2-1-3-5-8/h1-7H,(H,19,20). The monoisotopic (exact) mass is 344 g/mol. The first kappa shape index (κ1) is 15.5. The average Bonchev–Trinajstić information content (AvgIpc) is 2.47. The SMILES string of the molecule is O=S1(=O)NC(c2ccccc2)=Nc2cc(C(F)(F)F)c(F)cc21. The molecule has 1 aliphatic rings. The Hall–Kier alpha value is -2.42. The summed E-state index contributed by atoms with van der Waals surface area (Å²) in [5, 5.41) is 0. The van der Waals surface area contributed by atoms with E-state index in [-0.39, 0.29) is 5.84 Å². The fourth-order valence-electron chi connectivity index (χ4n) is 2.11. The molecule has 0 amide bonds. The highest BCUT2D eigenvalue weighted by molar-refractivity contribution is 7.90. The highest BCUT2D eigenvalue weighted by Crippen LogP contribution is 2.38. The number of benzene rings is 2. The van der Waals surface area contributed by atoms with E-state index in [0.717, 1.165) is 0 Å². The topological polar surface area (TPSA) is 58.5 Å². The van der Waals surface area contributed by atoms with E-state index in [9.17, 15) is 26.0 Å². The molecule has 0 spiro atoms. The van der Waals surface area contributed by atoms with E-state index < -0.39 is 38.2 Å². The maximum Gasteiger partial charge on any atom is 0.419 e. The second kappa shape index (κ2) is 5.05. The minimum absolute atomic E-state index is 0.127. The van der Waals surface area contributed by atoms with Crippen LogP contribution in [-0.4, -0.2) is 14.3 Å².